The zero-order valence-electron chi connectivity index (χ0n) is 21.4. The third-order valence-corrected chi connectivity index (χ3v) is 8.10. The number of aryl methyl sites for hydroxylation is 1. The largest absolute Gasteiger partial charge is 0.374 e. The molecule has 202 valence electrons. The number of halogens is 2. The summed E-state index contributed by atoms with van der Waals surface area (Å²) in [5, 5.41) is 16.6. The van der Waals surface area contributed by atoms with Gasteiger partial charge in [-0.1, -0.05) is 6.07 Å². The number of rotatable bonds is 7. The minimum atomic E-state index is -0.706. The van der Waals surface area contributed by atoms with Crippen molar-refractivity contribution in [2.45, 2.75) is 44.9 Å². The highest BCUT2D eigenvalue weighted by Gasteiger charge is 2.32. The van der Waals surface area contributed by atoms with Gasteiger partial charge in [-0.15, -0.1) is 0 Å². The number of nitrogens with zero attached hydrogens (tertiary/aromatic N) is 3. The molecular formula is C28H27FIN5O4. The molecule has 4 aromatic rings. The average molecular weight is 643 g/mol. The molecule has 0 spiro atoms. The van der Waals surface area contributed by atoms with E-state index in [1.807, 2.05) is 22.6 Å². The van der Waals surface area contributed by atoms with Crippen LogP contribution in [0.25, 0.3) is 16.6 Å². The van der Waals surface area contributed by atoms with Crippen LogP contribution in [0, 0.1) is 22.2 Å². The van der Waals surface area contributed by atoms with Crippen molar-refractivity contribution in [1.29, 1.82) is 0 Å². The van der Waals surface area contributed by atoms with E-state index in [9.17, 15) is 23.9 Å². The summed E-state index contributed by atoms with van der Waals surface area (Å²) < 4.78 is 19.5. The predicted octanol–water partition coefficient (Wildman–Crippen LogP) is 4.12. The molecule has 0 aliphatic heterocycles. The highest BCUT2D eigenvalue weighted by atomic mass is 127. The number of aliphatic hydroxyl groups excluding tert-OH is 1. The van der Waals surface area contributed by atoms with Gasteiger partial charge in [0, 0.05) is 33.8 Å². The molecule has 2 fully saturated rings. The summed E-state index contributed by atoms with van der Waals surface area (Å²) in [4.78, 5) is 41.3. The van der Waals surface area contributed by atoms with Gasteiger partial charge in [0.2, 0.25) is 0 Å². The van der Waals surface area contributed by atoms with E-state index in [0.717, 1.165) is 12.8 Å². The Morgan fingerprint density at radius 3 is 2.46 bits per heavy atom. The summed E-state index contributed by atoms with van der Waals surface area (Å²) in [6.07, 6.45) is 2.57. The van der Waals surface area contributed by atoms with Gasteiger partial charge in [0.1, 0.15) is 23.2 Å². The number of pyridine rings is 1. The number of nitrogens with one attached hydrogen (secondary N) is 2. The highest BCUT2D eigenvalue weighted by molar-refractivity contribution is 14.1. The molecular weight excluding hydrogens is 616 g/mol. The van der Waals surface area contributed by atoms with Crippen molar-refractivity contribution in [1.82, 2.24) is 13.7 Å². The van der Waals surface area contributed by atoms with Crippen LogP contribution in [0.4, 0.5) is 21.6 Å². The van der Waals surface area contributed by atoms with Crippen LogP contribution in [0.2, 0.25) is 0 Å². The normalized spacial score (nSPS) is 15.9. The smallest absolute Gasteiger partial charge is 0.336 e. The quantitative estimate of drug-likeness (QED) is 0.207. The maximum atomic E-state index is 14.9. The second kappa shape index (κ2) is 9.63. The van der Waals surface area contributed by atoms with Gasteiger partial charge < -0.3 is 15.7 Å². The summed E-state index contributed by atoms with van der Waals surface area (Å²) in [7, 11) is 1.52. The Bertz CT molecular complexity index is 1820. The molecule has 6 rings (SSSR count). The molecule has 1 unspecified atom stereocenters. The second-order valence-corrected chi connectivity index (χ2v) is 11.6. The molecule has 2 aliphatic carbocycles. The highest BCUT2D eigenvalue weighted by Crippen LogP contribution is 2.35. The van der Waals surface area contributed by atoms with Gasteiger partial charge in [0.15, 0.2) is 0 Å². The third kappa shape index (κ3) is 4.56. The zero-order valence-corrected chi connectivity index (χ0v) is 23.5. The van der Waals surface area contributed by atoms with E-state index in [4.69, 9.17) is 0 Å². The van der Waals surface area contributed by atoms with Crippen LogP contribution in [-0.2, 0) is 7.05 Å². The Kier molecular flexibility index (Phi) is 6.37. The molecule has 11 heteroatoms. The lowest BCUT2D eigenvalue weighted by atomic mass is 10.1. The van der Waals surface area contributed by atoms with Crippen molar-refractivity contribution in [2.24, 2.45) is 13.0 Å². The fourth-order valence-corrected chi connectivity index (χ4v) is 5.46. The number of benzene rings is 2. The number of fused-ring (bicyclic) bond motifs is 1. The molecule has 39 heavy (non-hydrogen) atoms. The minimum Gasteiger partial charge on any atom is -0.374 e. The number of aromatic nitrogens is 3. The SMILES string of the molecule is Cc1c(=O)n(C)c(Nc2ccc(I)cc2F)c2c(=O)n(C3CC3)c(=O)n(-c3cccc(NC(O)C4CC4)c3)c12. The van der Waals surface area contributed by atoms with Crippen molar-refractivity contribution in [3.63, 3.8) is 0 Å². The van der Waals surface area contributed by atoms with Gasteiger partial charge in [0.25, 0.3) is 11.1 Å². The van der Waals surface area contributed by atoms with E-state index in [1.54, 1.807) is 43.3 Å². The molecule has 2 aliphatic rings. The lowest BCUT2D eigenvalue weighted by Gasteiger charge is -2.21. The maximum Gasteiger partial charge on any atom is 0.336 e. The van der Waals surface area contributed by atoms with Gasteiger partial charge >= 0.3 is 5.69 Å². The maximum absolute atomic E-state index is 14.9. The van der Waals surface area contributed by atoms with Gasteiger partial charge in [-0.05, 0) is 91.6 Å². The van der Waals surface area contributed by atoms with Crippen molar-refractivity contribution in [3.8, 4) is 5.69 Å². The monoisotopic (exact) mass is 643 g/mol. The molecule has 2 aromatic heterocycles. The standard InChI is InChI=1S/C28H27FIN5O4/c1-14-23-22(24(33(2)26(14)37)32-21-11-8-16(30)12-20(21)29)27(38)35(18-9-10-18)28(39)34(23)19-5-3-4-17(13-19)31-25(36)15-6-7-15/h3-5,8,11-13,15,18,25,31-32,36H,6-7,9-10H2,1-2H3. The zero-order chi connectivity index (χ0) is 27.6. The molecule has 0 amide bonds. The van der Waals surface area contributed by atoms with E-state index < -0.39 is 28.9 Å². The Hall–Kier alpha value is -3.45. The Morgan fingerprint density at radius 2 is 1.79 bits per heavy atom. The van der Waals surface area contributed by atoms with E-state index >= 15 is 0 Å². The summed E-state index contributed by atoms with van der Waals surface area (Å²) in [6, 6.07) is 11.3. The Morgan fingerprint density at radius 1 is 1.05 bits per heavy atom. The molecule has 1 atom stereocenters. The Labute approximate surface area is 236 Å². The van der Waals surface area contributed by atoms with Gasteiger partial charge in [-0.3, -0.25) is 23.3 Å². The van der Waals surface area contributed by atoms with Crippen LogP contribution in [0.3, 0.4) is 0 Å². The molecule has 0 saturated heterocycles. The predicted molar refractivity (Wildman–Crippen MR) is 157 cm³/mol. The molecule has 0 bridgehead atoms. The number of anilines is 3. The molecule has 2 aromatic carbocycles. The first kappa shape index (κ1) is 25.8. The number of aliphatic hydroxyl groups is 1. The van der Waals surface area contributed by atoms with Crippen LogP contribution in [0.5, 0.6) is 0 Å². The molecule has 3 N–H and O–H groups in total. The van der Waals surface area contributed by atoms with E-state index in [2.05, 4.69) is 10.6 Å². The van der Waals surface area contributed by atoms with Crippen molar-refractivity contribution >= 4 is 50.7 Å². The van der Waals surface area contributed by atoms with Gasteiger partial charge in [0.05, 0.1) is 16.9 Å². The third-order valence-electron chi connectivity index (χ3n) is 7.43. The second-order valence-electron chi connectivity index (χ2n) is 10.3. The summed E-state index contributed by atoms with van der Waals surface area (Å²) in [5.74, 6) is -0.242. The number of hydrogen-bond acceptors (Lipinski definition) is 6. The van der Waals surface area contributed by atoms with Crippen molar-refractivity contribution in [2.75, 3.05) is 10.6 Å². The van der Waals surface area contributed by atoms with E-state index in [0.29, 0.717) is 27.8 Å². The summed E-state index contributed by atoms with van der Waals surface area (Å²) in [6.45, 7) is 1.58. The first-order valence-corrected chi connectivity index (χ1v) is 13.9. The molecule has 0 radical (unpaired) electrons. The topological polar surface area (TPSA) is 110 Å². The summed E-state index contributed by atoms with van der Waals surface area (Å²) in [5.41, 5.74) is 0.0361. The van der Waals surface area contributed by atoms with E-state index in [1.165, 1.54) is 26.8 Å². The van der Waals surface area contributed by atoms with Crippen molar-refractivity contribution < 1.29 is 9.50 Å². The van der Waals surface area contributed by atoms with E-state index in [-0.39, 0.29) is 39.9 Å². The van der Waals surface area contributed by atoms with Crippen molar-refractivity contribution in [3.05, 3.63) is 88.6 Å². The minimum absolute atomic E-state index is 0.103. The lowest BCUT2D eigenvalue weighted by Crippen LogP contribution is -2.41. The summed E-state index contributed by atoms with van der Waals surface area (Å²) >= 11 is 2.00. The first-order chi connectivity index (χ1) is 18.7. The fraction of sp³-hybridized carbons (Fsp3) is 0.321. The fourth-order valence-electron chi connectivity index (χ4n) is 5.01. The molecule has 2 heterocycles. The Balaban J connectivity index is 1.64. The first-order valence-electron chi connectivity index (χ1n) is 12.8. The van der Waals surface area contributed by atoms with Crippen LogP contribution in [0.1, 0.15) is 37.3 Å². The van der Waals surface area contributed by atoms with Crippen LogP contribution >= 0.6 is 22.6 Å². The average Bonchev–Trinajstić information content (AvgIpc) is 3.80. The van der Waals surface area contributed by atoms with Crippen LogP contribution in [-0.4, -0.2) is 25.0 Å². The van der Waals surface area contributed by atoms with Crippen LogP contribution < -0.4 is 27.4 Å². The molecule has 9 nitrogen and oxygen atoms in total. The van der Waals surface area contributed by atoms with Crippen LogP contribution in [0.15, 0.2) is 56.8 Å². The number of hydrogen-bond donors (Lipinski definition) is 3. The lowest BCUT2D eigenvalue weighted by molar-refractivity contribution is 0.180. The van der Waals surface area contributed by atoms with Gasteiger partial charge in [-0.2, -0.15) is 0 Å². The molecule has 2 saturated carbocycles. The van der Waals surface area contributed by atoms with Gasteiger partial charge in [-0.25, -0.2) is 9.18 Å².